The summed E-state index contributed by atoms with van der Waals surface area (Å²) >= 11 is 1.09. The molecule has 4 rings (SSSR count). The molecule has 0 fully saturated rings. The Bertz CT molecular complexity index is 1290. The maximum atomic E-state index is 13.0. The number of fused-ring (bicyclic) bond motifs is 2. The molecule has 2 aromatic heterocycles. The van der Waals surface area contributed by atoms with E-state index in [1.807, 2.05) is 0 Å². The van der Waals surface area contributed by atoms with Gasteiger partial charge in [-0.25, -0.2) is 9.78 Å². The van der Waals surface area contributed by atoms with Gasteiger partial charge in [0.25, 0.3) is 11.5 Å². The number of nitrogens with one attached hydrogen (secondary N) is 1. The van der Waals surface area contributed by atoms with Crippen LogP contribution in [0.5, 0.6) is 5.75 Å². The van der Waals surface area contributed by atoms with Gasteiger partial charge in [0, 0.05) is 5.56 Å². The van der Waals surface area contributed by atoms with Crippen LogP contribution in [0, 0.1) is 6.92 Å². The number of nitrogens with zero attached hydrogens (tertiary/aromatic N) is 2. The Kier molecular flexibility index (Phi) is 5.32. The van der Waals surface area contributed by atoms with Crippen LogP contribution >= 0.6 is 11.3 Å². The van der Waals surface area contributed by atoms with Gasteiger partial charge in [-0.05, 0) is 44.5 Å². The van der Waals surface area contributed by atoms with Gasteiger partial charge in [-0.1, -0.05) is 0 Å². The van der Waals surface area contributed by atoms with Crippen molar-refractivity contribution in [3.63, 3.8) is 0 Å². The lowest BCUT2D eigenvalue weighted by molar-refractivity contribution is -0.122. The number of rotatable bonds is 5. The summed E-state index contributed by atoms with van der Waals surface area (Å²) in [4.78, 5) is 54.7. The number of anilines is 1. The molecular weight excluding hydrogens is 422 g/mol. The number of hydrogen-bond acceptors (Lipinski definition) is 8. The number of aromatic nitrogens is 2. The number of amides is 1. The number of aryl methyl sites for hydroxylation is 1. The maximum Gasteiger partial charge on any atom is 0.348 e. The summed E-state index contributed by atoms with van der Waals surface area (Å²) in [6.45, 7) is 4.98. The Morgan fingerprint density at radius 3 is 2.84 bits per heavy atom. The molecule has 10 heteroatoms. The normalized spacial score (nSPS) is 15.2. The molecule has 1 aliphatic rings. The van der Waals surface area contributed by atoms with Gasteiger partial charge in [-0.3, -0.25) is 19.0 Å². The first kappa shape index (κ1) is 20.7. The van der Waals surface area contributed by atoms with Crippen molar-refractivity contribution in [3.05, 3.63) is 50.9 Å². The summed E-state index contributed by atoms with van der Waals surface area (Å²) in [5.74, 6) is -0.660. The zero-order chi connectivity index (χ0) is 22.3. The Morgan fingerprint density at radius 1 is 1.32 bits per heavy atom. The van der Waals surface area contributed by atoms with Gasteiger partial charge in [0.2, 0.25) is 0 Å². The van der Waals surface area contributed by atoms with E-state index >= 15 is 0 Å². The monoisotopic (exact) mass is 441 g/mol. The Morgan fingerprint density at radius 2 is 2.10 bits per heavy atom. The standard InChI is InChI=1S/C21H19N3O6S/c1-4-29-21(28)17-10(2)16-19(31-17)22-9-24(20(16)27)8-14(25)12-5-6-15-13(7-12)23-18(26)11(3)30-15/h5-7,9,11H,4,8H2,1-3H3,(H,23,26). The minimum absolute atomic E-state index is 0.226. The van der Waals surface area contributed by atoms with Crippen molar-refractivity contribution >= 4 is 44.9 Å². The van der Waals surface area contributed by atoms with E-state index in [9.17, 15) is 19.2 Å². The number of carbonyl (C=O) groups is 3. The van der Waals surface area contributed by atoms with Gasteiger partial charge in [0.1, 0.15) is 15.5 Å². The zero-order valence-electron chi connectivity index (χ0n) is 17.1. The highest BCUT2D eigenvalue weighted by Gasteiger charge is 2.25. The Labute approximate surface area is 180 Å². The smallest absolute Gasteiger partial charge is 0.348 e. The first-order valence-electron chi connectivity index (χ1n) is 9.60. The summed E-state index contributed by atoms with van der Waals surface area (Å²) < 4.78 is 11.7. The van der Waals surface area contributed by atoms with E-state index in [1.165, 1.54) is 17.0 Å². The molecule has 3 heterocycles. The lowest BCUT2D eigenvalue weighted by Crippen LogP contribution is -2.34. The predicted octanol–water partition coefficient (Wildman–Crippen LogP) is 2.55. The number of benzene rings is 1. The summed E-state index contributed by atoms with van der Waals surface area (Å²) in [6, 6.07) is 4.71. The molecule has 1 atom stereocenters. The quantitative estimate of drug-likeness (QED) is 0.478. The third-order valence-electron chi connectivity index (χ3n) is 4.92. The lowest BCUT2D eigenvalue weighted by Gasteiger charge is -2.23. The fraction of sp³-hybridized carbons (Fsp3) is 0.286. The van der Waals surface area contributed by atoms with E-state index in [1.54, 1.807) is 32.9 Å². The van der Waals surface area contributed by atoms with E-state index in [-0.39, 0.29) is 24.8 Å². The van der Waals surface area contributed by atoms with Crippen molar-refractivity contribution in [1.82, 2.24) is 9.55 Å². The summed E-state index contributed by atoms with van der Waals surface area (Å²) in [7, 11) is 0. The van der Waals surface area contributed by atoms with Crippen molar-refractivity contribution in [3.8, 4) is 5.75 Å². The van der Waals surface area contributed by atoms with E-state index in [0.717, 1.165) is 11.3 Å². The molecule has 160 valence electrons. The molecule has 31 heavy (non-hydrogen) atoms. The Balaban J connectivity index is 1.64. The van der Waals surface area contributed by atoms with Gasteiger partial charge in [0.05, 0.1) is 30.6 Å². The molecule has 1 unspecified atom stereocenters. The Hall–Kier alpha value is -3.53. The number of thiophene rings is 1. The van der Waals surface area contributed by atoms with Crippen LogP contribution in [0.15, 0.2) is 29.3 Å². The highest BCUT2D eigenvalue weighted by molar-refractivity contribution is 7.20. The SMILES string of the molecule is CCOC(=O)c1sc2ncn(CC(=O)c3ccc4c(c3)NC(=O)C(C)O4)c(=O)c2c1C. The van der Waals surface area contributed by atoms with Crippen LogP contribution in [0.4, 0.5) is 5.69 Å². The van der Waals surface area contributed by atoms with E-state index < -0.39 is 17.6 Å². The van der Waals surface area contributed by atoms with Crippen molar-refractivity contribution < 1.29 is 23.9 Å². The molecule has 0 bridgehead atoms. The van der Waals surface area contributed by atoms with E-state index in [4.69, 9.17) is 9.47 Å². The number of ketones is 1. The molecule has 0 radical (unpaired) electrons. The van der Waals surface area contributed by atoms with Crippen LogP contribution in [0.3, 0.4) is 0 Å². The topological polar surface area (TPSA) is 117 Å². The van der Waals surface area contributed by atoms with Gasteiger partial charge < -0.3 is 14.8 Å². The molecule has 0 spiro atoms. The number of Topliss-reactive ketones (excluding diaryl/α,β-unsaturated/α-hetero) is 1. The predicted molar refractivity (Wildman–Crippen MR) is 114 cm³/mol. The highest BCUT2D eigenvalue weighted by Crippen LogP contribution is 2.31. The average Bonchev–Trinajstić information content (AvgIpc) is 3.08. The van der Waals surface area contributed by atoms with Crippen molar-refractivity contribution in [2.75, 3.05) is 11.9 Å². The van der Waals surface area contributed by atoms with Crippen LogP contribution in [0.2, 0.25) is 0 Å². The lowest BCUT2D eigenvalue weighted by atomic mass is 10.1. The van der Waals surface area contributed by atoms with Gasteiger partial charge in [-0.2, -0.15) is 0 Å². The highest BCUT2D eigenvalue weighted by atomic mass is 32.1. The summed E-state index contributed by atoms with van der Waals surface area (Å²) in [5.41, 5.74) is 0.799. The zero-order valence-corrected chi connectivity index (χ0v) is 17.9. The molecule has 0 saturated heterocycles. The maximum absolute atomic E-state index is 13.0. The van der Waals surface area contributed by atoms with Gasteiger partial charge in [-0.15, -0.1) is 11.3 Å². The second-order valence-corrected chi connectivity index (χ2v) is 8.02. The van der Waals surface area contributed by atoms with Crippen LogP contribution < -0.4 is 15.6 Å². The molecular formula is C21H19N3O6S. The summed E-state index contributed by atoms with van der Waals surface area (Å²) in [6.07, 6.45) is 0.678. The van der Waals surface area contributed by atoms with E-state index in [0.29, 0.717) is 37.7 Å². The molecule has 1 amide bonds. The fourth-order valence-corrected chi connectivity index (χ4v) is 4.32. The first-order chi connectivity index (χ1) is 14.8. The molecule has 1 aromatic carbocycles. The van der Waals surface area contributed by atoms with Crippen LogP contribution in [0.1, 0.15) is 39.4 Å². The number of carbonyl (C=O) groups excluding carboxylic acids is 3. The second kappa shape index (κ2) is 7.95. The fourth-order valence-electron chi connectivity index (χ4n) is 3.29. The first-order valence-corrected chi connectivity index (χ1v) is 10.4. The van der Waals surface area contributed by atoms with Gasteiger partial charge >= 0.3 is 5.97 Å². The van der Waals surface area contributed by atoms with Crippen LogP contribution in [-0.2, 0) is 16.1 Å². The largest absolute Gasteiger partial charge is 0.479 e. The molecule has 0 saturated carbocycles. The number of ether oxygens (including phenoxy) is 2. The minimum atomic E-state index is -0.612. The number of hydrogen-bond donors (Lipinski definition) is 1. The third-order valence-corrected chi connectivity index (χ3v) is 6.10. The van der Waals surface area contributed by atoms with Crippen LogP contribution in [-0.4, -0.2) is 39.9 Å². The summed E-state index contributed by atoms with van der Waals surface area (Å²) in [5, 5.41) is 2.99. The van der Waals surface area contributed by atoms with Crippen molar-refractivity contribution in [2.24, 2.45) is 0 Å². The average molecular weight is 441 g/mol. The number of esters is 1. The molecule has 1 aliphatic heterocycles. The van der Waals surface area contributed by atoms with E-state index in [2.05, 4.69) is 10.3 Å². The molecule has 0 aliphatic carbocycles. The molecule has 1 N–H and O–H groups in total. The second-order valence-electron chi connectivity index (χ2n) is 7.02. The van der Waals surface area contributed by atoms with Gasteiger partial charge in [0.15, 0.2) is 11.9 Å². The minimum Gasteiger partial charge on any atom is -0.479 e. The van der Waals surface area contributed by atoms with Crippen molar-refractivity contribution in [2.45, 2.75) is 33.4 Å². The molecule has 9 nitrogen and oxygen atoms in total. The molecule has 3 aromatic rings. The van der Waals surface area contributed by atoms with Crippen LogP contribution in [0.25, 0.3) is 10.2 Å². The van der Waals surface area contributed by atoms with Crippen molar-refractivity contribution in [1.29, 1.82) is 0 Å². The third kappa shape index (κ3) is 3.70.